The topological polar surface area (TPSA) is 80.6 Å². The maximum absolute atomic E-state index is 13.1. The number of hydrogen-bond acceptors (Lipinski definition) is 4. The normalized spacial score (nSPS) is 10.8. The Morgan fingerprint density at radius 2 is 1.31 bits per heavy atom. The molecular weight excluding hydrogens is 400 g/mol. The number of para-hydroxylation sites is 1. The van der Waals surface area contributed by atoms with Crippen molar-refractivity contribution in [1.82, 2.24) is 20.0 Å². The van der Waals surface area contributed by atoms with Gasteiger partial charge in [0.25, 0.3) is 5.56 Å². The van der Waals surface area contributed by atoms with Crippen molar-refractivity contribution < 1.29 is 4.79 Å². The van der Waals surface area contributed by atoms with Crippen LogP contribution in [0.4, 0.5) is 0 Å². The van der Waals surface area contributed by atoms with Gasteiger partial charge in [-0.2, -0.15) is 10.2 Å². The molecule has 0 saturated heterocycles. The van der Waals surface area contributed by atoms with E-state index in [1.54, 1.807) is 10.9 Å². The lowest BCUT2D eigenvalue weighted by Crippen LogP contribution is -2.15. The van der Waals surface area contributed by atoms with Gasteiger partial charge in [0.05, 0.1) is 22.5 Å². The molecule has 0 radical (unpaired) electrons. The van der Waals surface area contributed by atoms with Crippen molar-refractivity contribution in [2.75, 3.05) is 0 Å². The molecule has 5 aromatic rings. The predicted octanol–water partition coefficient (Wildman–Crippen LogP) is 4.77. The highest BCUT2D eigenvalue weighted by molar-refractivity contribution is 5.95. The van der Waals surface area contributed by atoms with Gasteiger partial charge in [-0.3, -0.25) is 9.59 Å². The molecule has 154 valence electrons. The predicted molar refractivity (Wildman–Crippen MR) is 124 cm³/mol. The number of carbonyl (C=O) groups excluding carboxylic acids is 1. The Kier molecular flexibility index (Phi) is 5.01. The summed E-state index contributed by atoms with van der Waals surface area (Å²) >= 11 is 0. The van der Waals surface area contributed by atoms with Gasteiger partial charge in [0.15, 0.2) is 6.29 Å². The summed E-state index contributed by atoms with van der Waals surface area (Å²) in [5.41, 5.74) is 4.21. The van der Waals surface area contributed by atoms with E-state index in [2.05, 4.69) is 15.3 Å². The molecule has 0 spiro atoms. The zero-order chi connectivity index (χ0) is 21.9. The third-order valence-electron chi connectivity index (χ3n) is 5.22. The van der Waals surface area contributed by atoms with Crippen molar-refractivity contribution >= 4 is 6.29 Å². The molecule has 3 aromatic carbocycles. The Labute approximate surface area is 183 Å². The molecule has 6 nitrogen and oxygen atoms in total. The molecule has 2 aromatic heterocycles. The number of H-pyrrole nitrogens is 1. The Hall–Kier alpha value is -4.58. The number of aromatic nitrogens is 4. The second kappa shape index (κ2) is 8.28. The SMILES string of the molecule is O=Cc1cn(-c2ccccc2)nc1-c1c(-c2ccccc2)c(-c2ccccc2)n[nH]c1=O. The van der Waals surface area contributed by atoms with E-state index in [0.29, 0.717) is 28.1 Å². The van der Waals surface area contributed by atoms with E-state index in [9.17, 15) is 9.59 Å². The summed E-state index contributed by atoms with van der Waals surface area (Å²) < 4.78 is 1.61. The van der Waals surface area contributed by atoms with Crippen LogP contribution in [-0.4, -0.2) is 26.3 Å². The lowest BCUT2D eigenvalue weighted by atomic mass is 9.93. The first-order chi connectivity index (χ1) is 15.8. The second-order valence-corrected chi connectivity index (χ2v) is 7.21. The van der Waals surface area contributed by atoms with E-state index in [1.165, 1.54) is 0 Å². The fourth-order valence-corrected chi connectivity index (χ4v) is 3.75. The molecule has 0 saturated carbocycles. The van der Waals surface area contributed by atoms with E-state index in [-0.39, 0.29) is 0 Å². The first-order valence-corrected chi connectivity index (χ1v) is 10.1. The van der Waals surface area contributed by atoms with E-state index in [1.807, 2.05) is 91.0 Å². The molecule has 0 unspecified atom stereocenters. The summed E-state index contributed by atoms with van der Waals surface area (Å²) in [6.07, 6.45) is 2.35. The van der Waals surface area contributed by atoms with Crippen LogP contribution in [0.5, 0.6) is 0 Å². The first-order valence-electron chi connectivity index (χ1n) is 10.1. The average molecular weight is 418 g/mol. The first kappa shape index (κ1) is 19.4. The lowest BCUT2D eigenvalue weighted by molar-refractivity contribution is 0.112. The van der Waals surface area contributed by atoms with Crippen LogP contribution in [0.1, 0.15) is 10.4 Å². The van der Waals surface area contributed by atoms with Crippen molar-refractivity contribution in [2.24, 2.45) is 0 Å². The minimum Gasteiger partial charge on any atom is -0.298 e. The molecule has 2 heterocycles. The van der Waals surface area contributed by atoms with Gasteiger partial charge in [-0.05, 0) is 17.7 Å². The number of aldehydes is 1. The number of hydrogen-bond donors (Lipinski definition) is 1. The Balaban J connectivity index is 1.83. The highest BCUT2D eigenvalue weighted by Gasteiger charge is 2.23. The summed E-state index contributed by atoms with van der Waals surface area (Å²) in [6.45, 7) is 0. The van der Waals surface area contributed by atoms with Gasteiger partial charge in [0, 0.05) is 17.3 Å². The summed E-state index contributed by atoms with van der Waals surface area (Å²) in [4.78, 5) is 25.1. The molecule has 0 fully saturated rings. The van der Waals surface area contributed by atoms with Crippen LogP contribution in [0.25, 0.3) is 39.3 Å². The minimum absolute atomic E-state index is 0.307. The Morgan fingerprint density at radius 3 is 1.94 bits per heavy atom. The molecule has 0 aliphatic carbocycles. The summed E-state index contributed by atoms with van der Waals surface area (Å²) in [5, 5.41) is 11.6. The van der Waals surface area contributed by atoms with E-state index in [4.69, 9.17) is 0 Å². The molecule has 0 amide bonds. The number of rotatable bonds is 5. The summed E-state index contributed by atoms with van der Waals surface area (Å²) in [7, 11) is 0. The van der Waals surface area contributed by atoms with Crippen LogP contribution < -0.4 is 5.56 Å². The van der Waals surface area contributed by atoms with Gasteiger partial charge < -0.3 is 0 Å². The number of nitrogens with one attached hydrogen (secondary N) is 1. The number of aromatic amines is 1. The Morgan fingerprint density at radius 1 is 0.719 bits per heavy atom. The van der Waals surface area contributed by atoms with Gasteiger partial charge >= 0.3 is 0 Å². The zero-order valence-corrected chi connectivity index (χ0v) is 17.0. The largest absolute Gasteiger partial charge is 0.298 e. The number of nitrogens with zero attached hydrogens (tertiary/aromatic N) is 3. The van der Waals surface area contributed by atoms with Gasteiger partial charge in [-0.25, -0.2) is 9.78 Å². The third kappa shape index (κ3) is 3.44. The molecule has 0 bridgehead atoms. The van der Waals surface area contributed by atoms with Crippen molar-refractivity contribution in [3.8, 4) is 39.3 Å². The molecule has 5 rings (SSSR count). The van der Waals surface area contributed by atoms with Gasteiger partial charge in [-0.15, -0.1) is 0 Å². The van der Waals surface area contributed by atoms with E-state index >= 15 is 0 Å². The van der Waals surface area contributed by atoms with Crippen LogP contribution in [0.3, 0.4) is 0 Å². The Bertz CT molecular complexity index is 1440. The molecule has 6 heteroatoms. The van der Waals surface area contributed by atoms with Crippen LogP contribution in [-0.2, 0) is 0 Å². The molecular formula is C26H18N4O2. The quantitative estimate of drug-likeness (QED) is 0.417. The maximum atomic E-state index is 13.1. The smallest absolute Gasteiger partial charge is 0.274 e. The van der Waals surface area contributed by atoms with Crippen molar-refractivity contribution in [2.45, 2.75) is 0 Å². The fourth-order valence-electron chi connectivity index (χ4n) is 3.75. The standard InChI is InChI=1S/C26H18N4O2/c31-17-20-16-30(21-14-8-3-9-15-21)29-25(20)23-22(18-10-4-1-5-11-18)24(27-28-26(23)32)19-12-6-2-7-13-19/h1-17H,(H,28,32). The van der Waals surface area contributed by atoms with Crippen molar-refractivity contribution in [1.29, 1.82) is 0 Å². The molecule has 0 aliphatic rings. The monoisotopic (exact) mass is 418 g/mol. The third-order valence-corrected chi connectivity index (χ3v) is 5.22. The maximum Gasteiger partial charge on any atom is 0.274 e. The van der Waals surface area contributed by atoms with Crippen LogP contribution >= 0.6 is 0 Å². The molecule has 0 atom stereocenters. The van der Waals surface area contributed by atoms with Crippen LogP contribution in [0.2, 0.25) is 0 Å². The van der Waals surface area contributed by atoms with Gasteiger partial charge in [-0.1, -0.05) is 78.9 Å². The van der Waals surface area contributed by atoms with E-state index in [0.717, 1.165) is 23.1 Å². The minimum atomic E-state index is -0.412. The lowest BCUT2D eigenvalue weighted by Gasteiger charge is -2.13. The van der Waals surface area contributed by atoms with Crippen molar-refractivity contribution in [3.05, 3.63) is 113 Å². The van der Waals surface area contributed by atoms with Gasteiger partial charge in [0.2, 0.25) is 0 Å². The van der Waals surface area contributed by atoms with E-state index < -0.39 is 5.56 Å². The number of benzene rings is 3. The number of carbonyl (C=O) groups is 1. The highest BCUT2D eigenvalue weighted by atomic mass is 16.1. The molecule has 0 aliphatic heterocycles. The fraction of sp³-hybridized carbons (Fsp3) is 0. The highest BCUT2D eigenvalue weighted by Crippen LogP contribution is 2.36. The van der Waals surface area contributed by atoms with Gasteiger partial charge in [0.1, 0.15) is 5.69 Å². The molecule has 32 heavy (non-hydrogen) atoms. The van der Waals surface area contributed by atoms with Crippen LogP contribution in [0.15, 0.2) is 102 Å². The second-order valence-electron chi connectivity index (χ2n) is 7.21. The summed E-state index contributed by atoms with van der Waals surface area (Å²) in [5.74, 6) is 0. The van der Waals surface area contributed by atoms with Crippen LogP contribution in [0, 0.1) is 0 Å². The molecule has 1 N–H and O–H groups in total. The van der Waals surface area contributed by atoms with Crippen molar-refractivity contribution in [3.63, 3.8) is 0 Å². The average Bonchev–Trinajstić information content (AvgIpc) is 3.29. The summed E-state index contributed by atoms with van der Waals surface area (Å²) in [6, 6.07) is 28.6. The zero-order valence-electron chi connectivity index (χ0n) is 17.0.